The molecule has 2 rings (SSSR count). The fourth-order valence-corrected chi connectivity index (χ4v) is 4.83. The number of hydrogen-bond donors (Lipinski definition) is 1. The predicted octanol–water partition coefficient (Wildman–Crippen LogP) is 4.95. The summed E-state index contributed by atoms with van der Waals surface area (Å²) in [7, 11) is 2.00. The summed E-state index contributed by atoms with van der Waals surface area (Å²) in [5, 5.41) is 7.68. The van der Waals surface area contributed by atoms with Gasteiger partial charge in [0.25, 0.3) is 0 Å². The molecule has 0 bridgehead atoms. The van der Waals surface area contributed by atoms with E-state index in [9.17, 15) is 0 Å². The minimum atomic E-state index is 0.274. The topological polar surface area (TPSA) is 12.0 Å². The summed E-state index contributed by atoms with van der Waals surface area (Å²) in [5.41, 5.74) is 2.60. The third-order valence-electron chi connectivity index (χ3n) is 2.40. The van der Waals surface area contributed by atoms with Gasteiger partial charge in [-0.2, -0.15) is 11.3 Å². The second-order valence-electron chi connectivity index (χ2n) is 3.50. The maximum atomic E-state index is 3.59. The summed E-state index contributed by atoms with van der Waals surface area (Å²) in [4.78, 5) is 1.34. The second-order valence-corrected chi connectivity index (χ2v) is 7.50. The van der Waals surface area contributed by atoms with Crippen LogP contribution < -0.4 is 5.32 Å². The van der Waals surface area contributed by atoms with Gasteiger partial charge in [0.2, 0.25) is 0 Å². The van der Waals surface area contributed by atoms with Gasteiger partial charge in [-0.3, -0.25) is 0 Å². The van der Waals surface area contributed by atoms with Crippen molar-refractivity contribution in [3.63, 3.8) is 0 Å². The number of hydrogen-bond acceptors (Lipinski definition) is 3. The number of halogens is 2. The fourth-order valence-electron chi connectivity index (χ4n) is 1.57. The van der Waals surface area contributed by atoms with E-state index in [0.29, 0.717) is 0 Å². The molecule has 0 aliphatic rings. The highest BCUT2D eigenvalue weighted by Crippen LogP contribution is 2.37. The van der Waals surface area contributed by atoms with Gasteiger partial charge in [0.15, 0.2) is 0 Å². The number of nitrogens with one attached hydrogen (secondary N) is 1. The fraction of sp³-hybridized carbons (Fsp3) is 0.273. The minimum Gasteiger partial charge on any atom is -0.309 e. The lowest BCUT2D eigenvalue weighted by Gasteiger charge is -2.13. The van der Waals surface area contributed by atoms with E-state index in [1.54, 1.807) is 22.7 Å². The first kappa shape index (κ1) is 12.8. The van der Waals surface area contributed by atoms with Crippen molar-refractivity contribution in [2.24, 2.45) is 0 Å². The van der Waals surface area contributed by atoms with Gasteiger partial charge in [-0.05, 0) is 68.4 Å². The van der Waals surface area contributed by atoms with Crippen molar-refractivity contribution in [1.29, 1.82) is 0 Å². The molecule has 2 aromatic heterocycles. The van der Waals surface area contributed by atoms with Crippen molar-refractivity contribution in [3.05, 3.63) is 41.1 Å². The van der Waals surface area contributed by atoms with Crippen molar-refractivity contribution >= 4 is 54.5 Å². The molecular weight excluding hydrogens is 370 g/mol. The highest BCUT2D eigenvalue weighted by molar-refractivity contribution is 9.11. The Labute approximate surface area is 120 Å². The van der Waals surface area contributed by atoms with E-state index >= 15 is 0 Å². The molecular formula is C11H11Br2NS2. The summed E-state index contributed by atoms with van der Waals surface area (Å²) in [5.74, 6) is 0. The molecule has 2 heterocycles. The zero-order valence-electron chi connectivity index (χ0n) is 8.88. The van der Waals surface area contributed by atoms with Gasteiger partial charge in [-0.15, -0.1) is 11.3 Å². The van der Waals surface area contributed by atoms with Gasteiger partial charge in [-0.25, -0.2) is 0 Å². The Bertz CT molecular complexity index is 470. The molecule has 0 saturated carbocycles. The maximum absolute atomic E-state index is 3.59. The van der Waals surface area contributed by atoms with E-state index in [4.69, 9.17) is 0 Å². The van der Waals surface area contributed by atoms with Crippen LogP contribution in [0.1, 0.15) is 22.0 Å². The molecule has 0 aliphatic heterocycles. The second kappa shape index (κ2) is 5.31. The lowest BCUT2D eigenvalue weighted by atomic mass is 10.1. The molecule has 0 spiro atoms. The SMILES string of the molecule is CNC(c1cc(C)c(Br)s1)c1cscc1Br. The molecule has 1 unspecified atom stereocenters. The van der Waals surface area contributed by atoms with Crippen LogP contribution in [0.2, 0.25) is 0 Å². The van der Waals surface area contributed by atoms with Gasteiger partial charge in [0, 0.05) is 14.7 Å². The van der Waals surface area contributed by atoms with E-state index in [0.717, 1.165) is 0 Å². The summed E-state index contributed by atoms with van der Waals surface area (Å²) >= 11 is 10.7. The van der Waals surface area contributed by atoms with Crippen molar-refractivity contribution in [2.45, 2.75) is 13.0 Å². The zero-order chi connectivity index (χ0) is 11.7. The van der Waals surface area contributed by atoms with E-state index in [1.165, 1.54) is 24.3 Å². The quantitative estimate of drug-likeness (QED) is 0.793. The minimum absolute atomic E-state index is 0.274. The molecule has 0 fully saturated rings. The molecule has 0 saturated heterocycles. The molecule has 1 N–H and O–H groups in total. The normalized spacial score (nSPS) is 13.0. The molecule has 1 atom stereocenters. The van der Waals surface area contributed by atoms with Gasteiger partial charge in [-0.1, -0.05) is 0 Å². The molecule has 16 heavy (non-hydrogen) atoms. The largest absolute Gasteiger partial charge is 0.309 e. The summed E-state index contributed by atoms with van der Waals surface area (Å²) in [6.07, 6.45) is 0. The van der Waals surface area contributed by atoms with Crippen LogP contribution in [0.5, 0.6) is 0 Å². The van der Waals surface area contributed by atoms with Crippen molar-refractivity contribution < 1.29 is 0 Å². The van der Waals surface area contributed by atoms with Crippen LogP contribution >= 0.6 is 54.5 Å². The van der Waals surface area contributed by atoms with Crippen LogP contribution in [0.15, 0.2) is 25.1 Å². The Morgan fingerprint density at radius 3 is 2.50 bits per heavy atom. The highest BCUT2D eigenvalue weighted by atomic mass is 79.9. The van der Waals surface area contributed by atoms with Crippen molar-refractivity contribution in [3.8, 4) is 0 Å². The van der Waals surface area contributed by atoms with Gasteiger partial charge in [0.05, 0.1) is 9.83 Å². The monoisotopic (exact) mass is 379 g/mol. The van der Waals surface area contributed by atoms with Crippen LogP contribution in [0.25, 0.3) is 0 Å². The molecule has 0 aromatic carbocycles. The third-order valence-corrected chi connectivity index (χ3v) is 6.36. The lowest BCUT2D eigenvalue weighted by Crippen LogP contribution is -2.16. The summed E-state index contributed by atoms with van der Waals surface area (Å²) in [6, 6.07) is 2.51. The van der Waals surface area contributed by atoms with Gasteiger partial charge in [0.1, 0.15) is 0 Å². The van der Waals surface area contributed by atoms with Crippen LogP contribution in [0.3, 0.4) is 0 Å². The number of rotatable bonds is 3. The molecule has 0 aliphatic carbocycles. The molecule has 2 aromatic rings. The van der Waals surface area contributed by atoms with Crippen molar-refractivity contribution in [1.82, 2.24) is 5.32 Å². The standard InChI is InChI=1S/C11H11Br2NS2/c1-6-3-9(16-11(6)13)10(14-2)7-4-15-5-8(7)12/h3-5,10,14H,1-2H3. The van der Waals surface area contributed by atoms with E-state index in [-0.39, 0.29) is 6.04 Å². The molecule has 0 radical (unpaired) electrons. The Morgan fingerprint density at radius 2 is 2.06 bits per heavy atom. The van der Waals surface area contributed by atoms with E-state index in [1.807, 2.05) is 7.05 Å². The smallest absolute Gasteiger partial charge is 0.0731 e. The lowest BCUT2D eigenvalue weighted by molar-refractivity contribution is 0.703. The Morgan fingerprint density at radius 1 is 1.31 bits per heavy atom. The number of thiophene rings is 2. The van der Waals surface area contributed by atoms with E-state index < -0.39 is 0 Å². The Kier molecular flexibility index (Phi) is 4.24. The van der Waals surface area contributed by atoms with Gasteiger partial charge >= 0.3 is 0 Å². The van der Waals surface area contributed by atoms with Crippen LogP contribution in [-0.2, 0) is 0 Å². The third kappa shape index (κ3) is 2.43. The van der Waals surface area contributed by atoms with Crippen LogP contribution in [0.4, 0.5) is 0 Å². The van der Waals surface area contributed by atoms with Crippen LogP contribution in [0, 0.1) is 6.92 Å². The van der Waals surface area contributed by atoms with Crippen LogP contribution in [-0.4, -0.2) is 7.05 Å². The number of aryl methyl sites for hydroxylation is 1. The molecule has 1 nitrogen and oxygen atoms in total. The zero-order valence-corrected chi connectivity index (χ0v) is 13.7. The Balaban J connectivity index is 2.40. The average Bonchev–Trinajstić information content (AvgIpc) is 2.78. The van der Waals surface area contributed by atoms with E-state index in [2.05, 4.69) is 60.9 Å². The predicted molar refractivity (Wildman–Crippen MR) is 79.7 cm³/mol. The first-order valence-corrected chi connectivity index (χ1v) is 8.12. The summed E-state index contributed by atoms with van der Waals surface area (Å²) < 4.78 is 2.40. The summed E-state index contributed by atoms with van der Waals surface area (Å²) in [6.45, 7) is 2.12. The molecule has 5 heteroatoms. The van der Waals surface area contributed by atoms with Crippen molar-refractivity contribution in [2.75, 3.05) is 7.05 Å². The van der Waals surface area contributed by atoms with Gasteiger partial charge < -0.3 is 5.32 Å². The first-order valence-electron chi connectivity index (χ1n) is 4.78. The first-order chi connectivity index (χ1) is 7.63. The molecule has 86 valence electrons. The average molecular weight is 381 g/mol. The Hall–Kier alpha value is 0.320. The highest BCUT2D eigenvalue weighted by Gasteiger charge is 2.18. The molecule has 0 amide bonds. The maximum Gasteiger partial charge on any atom is 0.0731 e.